The summed E-state index contributed by atoms with van der Waals surface area (Å²) in [5.74, 6) is -0.379. The average Bonchev–Trinajstić information content (AvgIpc) is 2.57. The number of halogens is 1. The third kappa shape index (κ3) is 3.48. The zero-order valence-electron chi connectivity index (χ0n) is 12.0. The molecule has 122 valence electrons. The number of thioether (sulfide) groups is 1. The molecule has 0 saturated carbocycles. The smallest absolute Gasteiger partial charge is 0.173 e. The molecule has 0 spiro atoms. The highest BCUT2D eigenvalue weighted by atomic mass is 32.2. The zero-order chi connectivity index (χ0) is 16.4. The number of aromatic nitrogens is 1. The van der Waals surface area contributed by atoms with E-state index in [0.717, 1.165) is 17.3 Å². The van der Waals surface area contributed by atoms with Crippen LogP contribution in [0.5, 0.6) is 5.75 Å². The van der Waals surface area contributed by atoms with Gasteiger partial charge in [-0.1, -0.05) is 12.1 Å². The van der Waals surface area contributed by atoms with Crippen molar-refractivity contribution in [2.75, 3.05) is 5.75 Å². The molecule has 3 N–H and O–H groups in total. The Morgan fingerprint density at radius 3 is 2.65 bits per heavy atom. The second-order valence-electron chi connectivity index (χ2n) is 5.26. The van der Waals surface area contributed by atoms with Gasteiger partial charge in [0.25, 0.3) is 0 Å². The minimum atomic E-state index is -1.31. The van der Waals surface area contributed by atoms with E-state index in [2.05, 4.69) is 4.98 Å². The lowest BCUT2D eigenvalue weighted by atomic mass is 10.1. The van der Waals surface area contributed by atoms with Crippen LogP contribution in [0, 0.1) is 5.82 Å². The first kappa shape index (κ1) is 16.2. The molecule has 0 aliphatic carbocycles. The van der Waals surface area contributed by atoms with E-state index in [1.165, 1.54) is 12.1 Å². The Morgan fingerprint density at radius 1 is 1.13 bits per heavy atom. The molecule has 7 heteroatoms. The van der Waals surface area contributed by atoms with Crippen molar-refractivity contribution >= 4 is 11.8 Å². The maximum Gasteiger partial charge on any atom is 0.173 e. The lowest BCUT2D eigenvalue weighted by molar-refractivity contribution is -0.0790. The number of aliphatic hydroxyl groups is 3. The Hall–Kier alpha value is -1.67. The van der Waals surface area contributed by atoms with Crippen LogP contribution in [-0.4, -0.2) is 49.8 Å². The maximum absolute atomic E-state index is 14.2. The van der Waals surface area contributed by atoms with E-state index in [9.17, 15) is 19.7 Å². The van der Waals surface area contributed by atoms with Crippen molar-refractivity contribution in [2.45, 2.75) is 23.7 Å². The number of hydrogen-bond acceptors (Lipinski definition) is 6. The first-order valence-electron chi connectivity index (χ1n) is 7.08. The van der Waals surface area contributed by atoms with Crippen LogP contribution in [0.25, 0.3) is 11.1 Å². The van der Waals surface area contributed by atoms with Gasteiger partial charge in [0.2, 0.25) is 0 Å². The van der Waals surface area contributed by atoms with E-state index >= 15 is 0 Å². The number of benzene rings is 1. The van der Waals surface area contributed by atoms with Crippen molar-refractivity contribution in [1.82, 2.24) is 4.98 Å². The van der Waals surface area contributed by atoms with Crippen molar-refractivity contribution in [3.8, 4) is 16.9 Å². The second-order valence-corrected chi connectivity index (χ2v) is 6.39. The fraction of sp³-hybridized carbons (Fsp3) is 0.312. The van der Waals surface area contributed by atoms with E-state index in [4.69, 9.17) is 4.74 Å². The largest absolute Gasteiger partial charge is 0.474 e. The summed E-state index contributed by atoms with van der Waals surface area (Å²) in [4.78, 5) is 3.99. The minimum Gasteiger partial charge on any atom is -0.474 e. The molecule has 4 atom stereocenters. The molecule has 23 heavy (non-hydrogen) atoms. The highest BCUT2D eigenvalue weighted by Gasteiger charge is 2.38. The van der Waals surface area contributed by atoms with Crippen LogP contribution in [-0.2, 0) is 0 Å². The van der Waals surface area contributed by atoms with Crippen molar-refractivity contribution in [1.29, 1.82) is 0 Å². The first-order chi connectivity index (χ1) is 11.1. The van der Waals surface area contributed by atoms with E-state index in [0.29, 0.717) is 5.56 Å². The predicted molar refractivity (Wildman–Crippen MR) is 84.5 cm³/mol. The minimum absolute atomic E-state index is 0.0159. The number of rotatable bonds is 3. The van der Waals surface area contributed by atoms with Gasteiger partial charge in [-0.25, -0.2) is 4.39 Å². The quantitative estimate of drug-likeness (QED) is 0.786. The molecule has 5 nitrogen and oxygen atoms in total. The fourth-order valence-corrected chi connectivity index (χ4v) is 3.43. The Bertz CT molecular complexity index is 672. The van der Waals surface area contributed by atoms with Gasteiger partial charge < -0.3 is 20.1 Å². The summed E-state index contributed by atoms with van der Waals surface area (Å²) in [6.45, 7) is 0. The summed E-state index contributed by atoms with van der Waals surface area (Å²) in [5.41, 5.74) is 0.603. The van der Waals surface area contributed by atoms with E-state index in [1.54, 1.807) is 24.5 Å². The molecule has 0 amide bonds. The lowest BCUT2D eigenvalue weighted by Crippen LogP contribution is -2.50. The number of nitrogens with zero attached hydrogens (tertiary/aromatic N) is 1. The Morgan fingerprint density at radius 2 is 1.96 bits per heavy atom. The van der Waals surface area contributed by atoms with Crippen LogP contribution in [0.2, 0.25) is 0 Å². The number of aliphatic hydroxyl groups excluding tert-OH is 3. The second kappa shape index (κ2) is 6.84. The van der Waals surface area contributed by atoms with Gasteiger partial charge in [0, 0.05) is 23.7 Å². The Balaban J connectivity index is 1.77. The summed E-state index contributed by atoms with van der Waals surface area (Å²) < 4.78 is 19.7. The highest BCUT2D eigenvalue weighted by molar-refractivity contribution is 7.99. The van der Waals surface area contributed by atoms with Gasteiger partial charge in [0.05, 0.1) is 6.10 Å². The zero-order valence-corrected chi connectivity index (χ0v) is 12.9. The Kier molecular flexibility index (Phi) is 4.82. The number of pyridine rings is 1. The molecule has 1 aliphatic rings. The van der Waals surface area contributed by atoms with Gasteiger partial charge in [-0.2, -0.15) is 0 Å². The molecule has 2 aromatic rings. The summed E-state index contributed by atoms with van der Waals surface area (Å²) in [6.07, 6.45) is -0.347. The maximum atomic E-state index is 14.2. The third-order valence-electron chi connectivity index (χ3n) is 3.62. The number of ether oxygens (including phenoxy) is 1. The molecular formula is C16H16FNO4S. The summed E-state index contributed by atoms with van der Waals surface area (Å²) >= 11 is 1.13. The van der Waals surface area contributed by atoms with Crippen LogP contribution in [0.1, 0.15) is 0 Å². The van der Waals surface area contributed by atoms with Gasteiger partial charge in [-0.3, -0.25) is 4.98 Å². The van der Waals surface area contributed by atoms with Crippen LogP contribution in [0.3, 0.4) is 0 Å². The first-order valence-corrected chi connectivity index (χ1v) is 8.13. The summed E-state index contributed by atoms with van der Waals surface area (Å²) in [7, 11) is 0. The van der Waals surface area contributed by atoms with Crippen molar-refractivity contribution < 1.29 is 24.4 Å². The molecule has 1 aromatic heterocycles. The molecule has 3 rings (SSSR count). The summed E-state index contributed by atoms with van der Waals surface area (Å²) in [6, 6.07) is 8.08. The molecule has 0 unspecified atom stereocenters. The van der Waals surface area contributed by atoms with Crippen LogP contribution >= 0.6 is 11.8 Å². The van der Waals surface area contributed by atoms with Gasteiger partial charge in [-0.05, 0) is 23.8 Å². The average molecular weight is 337 g/mol. The number of hydrogen-bond donors (Lipinski definition) is 3. The summed E-state index contributed by atoms with van der Waals surface area (Å²) in [5, 5.41) is 29.1. The monoisotopic (exact) mass is 337 g/mol. The topological polar surface area (TPSA) is 82.8 Å². The predicted octanol–water partition coefficient (Wildman–Crippen LogP) is 1.42. The van der Waals surface area contributed by atoms with Gasteiger partial charge >= 0.3 is 0 Å². The molecular weight excluding hydrogens is 321 g/mol. The molecule has 0 radical (unpaired) electrons. The van der Waals surface area contributed by atoms with Crippen molar-refractivity contribution in [3.63, 3.8) is 0 Å². The van der Waals surface area contributed by atoms with Gasteiger partial charge in [0.1, 0.15) is 12.2 Å². The van der Waals surface area contributed by atoms with Crippen LogP contribution in [0.4, 0.5) is 4.39 Å². The van der Waals surface area contributed by atoms with Gasteiger partial charge in [-0.15, -0.1) is 11.8 Å². The fourth-order valence-electron chi connectivity index (χ4n) is 2.32. The van der Waals surface area contributed by atoms with E-state index < -0.39 is 29.6 Å². The van der Waals surface area contributed by atoms with Crippen LogP contribution < -0.4 is 4.74 Å². The standard InChI is InChI=1S/C16H16FNO4S/c17-11-6-9(10-2-1-5-18-7-10)3-4-13(11)22-16-15(21)14(20)12(19)8-23-16/h1-7,12,14-16,19-21H,8H2/t12-,14+,15-,16+/m1/s1. The van der Waals surface area contributed by atoms with E-state index in [1.807, 2.05) is 6.07 Å². The lowest BCUT2D eigenvalue weighted by Gasteiger charge is -2.34. The Labute approximate surface area is 136 Å². The SMILES string of the molecule is O[C@@H]1[C@@H](O)[C@@H](Oc2ccc(-c3cccnc3)cc2F)SC[C@H]1O. The van der Waals surface area contributed by atoms with Crippen LogP contribution in [0.15, 0.2) is 42.7 Å². The molecule has 2 heterocycles. The van der Waals surface area contributed by atoms with Crippen molar-refractivity contribution in [2.24, 2.45) is 0 Å². The molecule has 1 aromatic carbocycles. The van der Waals surface area contributed by atoms with Crippen molar-refractivity contribution in [3.05, 3.63) is 48.5 Å². The highest BCUT2D eigenvalue weighted by Crippen LogP contribution is 2.32. The molecule has 1 fully saturated rings. The molecule has 1 saturated heterocycles. The molecule has 0 bridgehead atoms. The third-order valence-corrected chi connectivity index (χ3v) is 4.86. The van der Waals surface area contributed by atoms with Gasteiger partial charge in [0.15, 0.2) is 17.0 Å². The van der Waals surface area contributed by atoms with E-state index in [-0.39, 0.29) is 11.5 Å². The molecule has 1 aliphatic heterocycles. The normalized spacial score (nSPS) is 27.7.